The van der Waals surface area contributed by atoms with Crippen LogP contribution in [-0.4, -0.2) is 41.7 Å². The highest BCUT2D eigenvalue weighted by Crippen LogP contribution is 2.42. The summed E-state index contributed by atoms with van der Waals surface area (Å²) < 4.78 is 13.9. The van der Waals surface area contributed by atoms with Crippen molar-refractivity contribution in [1.82, 2.24) is 10.2 Å². The molecule has 1 saturated heterocycles. The lowest BCUT2D eigenvalue weighted by Crippen LogP contribution is -2.45. The Labute approximate surface area is 331 Å². The number of hydrogen-bond acceptors (Lipinski definition) is 5. The fourth-order valence-corrected chi connectivity index (χ4v) is 7.71. The minimum absolute atomic E-state index is 0.0124. The van der Waals surface area contributed by atoms with Crippen LogP contribution in [0.3, 0.4) is 0 Å². The van der Waals surface area contributed by atoms with Crippen LogP contribution in [0.4, 0.5) is 0 Å². The van der Waals surface area contributed by atoms with E-state index in [1.165, 1.54) is 77.0 Å². The Kier molecular flexibility index (Phi) is 17.9. The van der Waals surface area contributed by atoms with Crippen LogP contribution in [0.2, 0.25) is 0 Å². The lowest BCUT2D eigenvalue weighted by atomic mass is 9.89. The van der Waals surface area contributed by atoms with E-state index in [0.717, 1.165) is 53.0 Å². The zero-order valence-electron chi connectivity index (χ0n) is 33.8. The third-order valence-electron chi connectivity index (χ3n) is 11.1. The van der Waals surface area contributed by atoms with E-state index in [4.69, 9.17) is 9.47 Å². The average molecular weight is 747 g/mol. The van der Waals surface area contributed by atoms with Gasteiger partial charge in [-0.25, -0.2) is 0 Å². The van der Waals surface area contributed by atoms with Crippen LogP contribution in [0.5, 0.6) is 0 Å². The largest absolute Gasteiger partial charge is 0.392 e. The first-order valence-corrected chi connectivity index (χ1v) is 21.2. The van der Waals surface area contributed by atoms with Crippen LogP contribution in [-0.2, 0) is 22.6 Å². The number of ether oxygens (including phenoxy) is 2. The molecule has 296 valence electrons. The molecule has 1 aliphatic rings. The minimum atomic E-state index is -0.526. The topological polar surface area (TPSA) is 71.0 Å². The molecule has 0 aliphatic carbocycles. The maximum Gasteiger partial charge on any atom is 0.251 e. The Bertz CT molecular complexity index is 1660. The van der Waals surface area contributed by atoms with E-state index in [2.05, 4.69) is 79.5 Å². The number of unbranched alkanes of at least 4 members (excludes halogenated alkanes) is 10. The van der Waals surface area contributed by atoms with Gasteiger partial charge in [0.15, 0.2) is 6.29 Å². The van der Waals surface area contributed by atoms with E-state index in [1.54, 1.807) is 0 Å². The van der Waals surface area contributed by atoms with Gasteiger partial charge in [-0.15, -0.1) is 0 Å². The first kappa shape index (κ1) is 42.3. The third kappa shape index (κ3) is 13.4. The van der Waals surface area contributed by atoms with Crippen molar-refractivity contribution >= 4 is 5.91 Å². The van der Waals surface area contributed by atoms with Crippen molar-refractivity contribution in [3.63, 3.8) is 0 Å². The van der Waals surface area contributed by atoms with Gasteiger partial charge in [0, 0.05) is 30.1 Å². The molecule has 4 atom stereocenters. The predicted molar refractivity (Wildman–Crippen MR) is 226 cm³/mol. The van der Waals surface area contributed by atoms with E-state index in [0.29, 0.717) is 12.1 Å². The molecule has 0 saturated carbocycles. The van der Waals surface area contributed by atoms with Crippen LogP contribution in [0, 0.1) is 5.92 Å². The SMILES string of the molecule is CCCCCCCCN(CCCCCCCC)C[C@H]1O[C@@H](c2cccc(-c3cccc(CNC(=O)c4ccccc4)c3)c2)O[C@@H](c2ccc(CO)cc2)[C@H]1C. The highest BCUT2D eigenvalue weighted by molar-refractivity contribution is 5.94. The number of aliphatic hydroxyl groups is 1. The quantitative estimate of drug-likeness (QED) is 0.0740. The summed E-state index contributed by atoms with van der Waals surface area (Å²) in [7, 11) is 0. The number of hydrogen-bond donors (Lipinski definition) is 2. The monoisotopic (exact) mass is 747 g/mol. The number of nitrogens with one attached hydrogen (secondary N) is 1. The van der Waals surface area contributed by atoms with Crippen molar-refractivity contribution in [2.24, 2.45) is 5.92 Å². The van der Waals surface area contributed by atoms with Gasteiger partial charge in [0.1, 0.15) is 0 Å². The molecular formula is C49H66N2O4. The molecular weight excluding hydrogens is 681 g/mol. The minimum Gasteiger partial charge on any atom is -0.392 e. The highest BCUT2D eigenvalue weighted by Gasteiger charge is 2.39. The summed E-state index contributed by atoms with van der Waals surface area (Å²) in [5.74, 6) is 0.0558. The molecule has 4 aromatic rings. The molecule has 0 spiro atoms. The van der Waals surface area contributed by atoms with Crippen LogP contribution >= 0.6 is 0 Å². The average Bonchev–Trinajstić information content (AvgIpc) is 3.23. The summed E-state index contributed by atoms with van der Waals surface area (Å²) in [5.41, 5.74) is 6.85. The number of nitrogens with zero attached hydrogens (tertiary/aromatic N) is 1. The van der Waals surface area contributed by atoms with Crippen molar-refractivity contribution in [3.05, 3.63) is 131 Å². The fourth-order valence-electron chi connectivity index (χ4n) is 7.71. The zero-order chi connectivity index (χ0) is 38.7. The number of amides is 1. The molecule has 0 unspecified atom stereocenters. The van der Waals surface area contributed by atoms with Crippen LogP contribution in [0.1, 0.15) is 143 Å². The molecule has 6 heteroatoms. The van der Waals surface area contributed by atoms with Crippen molar-refractivity contribution in [2.75, 3.05) is 19.6 Å². The van der Waals surface area contributed by atoms with Crippen molar-refractivity contribution < 1.29 is 19.4 Å². The normalized spacial score (nSPS) is 18.4. The van der Waals surface area contributed by atoms with E-state index in [1.807, 2.05) is 54.6 Å². The predicted octanol–water partition coefficient (Wildman–Crippen LogP) is 11.6. The molecule has 1 aliphatic heterocycles. The van der Waals surface area contributed by atoms with Crippen LogP contribution in [0.25, 0.3) is 11.1 Å². The van der Waals surface area contributed by atoms with Crippen molar-refractivity contribution in [3.8, 4) is 11.1 Å². The van der Waals surface area contributed by atoms with Gasteiger partial charge in [-0.1, -0.05) is 164 Å². The summed E-state index contributed by atoms with van der Waals surface area (Å²) in [6.07, 6.45) is 14.8. The molecule has 2 N–H and O–H groups in total. The summed E-state index contributed by atoms with van der Waals surface area (Å²) in [5, 5.41) is 12.8. The zero-order valence-corrected chi connectivity index (χ0v) is 33.8. The number of carbonyl (C=O) groups is 1. The number of aliphatic hydroxyl groups excluding tert-OH is 1. The smallest absolute Gasteiger partial charge is 0.251 e. The van der Waals surface area contributed by atoms with Gasteiger partial charge >= 0.3 is 0 Å². The summed E-state index contributed by atoms with van der Waals surface area (Å²) in [6, 6.07) is 34.4. The van der Waals surface area contributed by atoms with Crippen molar-refractivity contribution in [1.29, 1.82) is 0 Å². The van der Waals surface area contributed by atoms with Crippen LogP contribution < -0.4 is 5.32 Å². The number of benzene rings is 4. The Morgan fingerprint density at radius 2 is 1.27 bits per heavy atom. The second-order valence-electron chi connectivity index (χ2n) is 15.5. The lowest BCUT2D eigenvalue weighted by molar-refractivity contribution is -0.276. The van der Waals surface area contributed by atoms with Crippen LogP contribution in [0.15, 0.2) is 103 Å². The standard InChI is InChI=1S/C49H66N2O4/c1-4-6-8-10-12-17-31-51(32-18-13-11-9-7-5-2)36-46-38(3)47(41-29-27-39(37-52)28-30-41)55-49(54-46)45-26-20-25-44(34-45)43-24-19-21-40(33-43)35-50-48(53)42-22-15-14-16-23-42/h14-16,19-30,33-34,38,46-47,49,52H,4-13,17-18,31-32,35-37H2,1-3H3,(H,50,53)/t38-,46+,47+,49+/m0/s1. The summed E-state index contributed by atoms with van der Waals surface area (Å²) in [6.45, 7) is 10.4. The van der Waals surface area contributed by atoms with Gasteiger partial charge in [0.2, 0.25) is 0 Å². The Morgan fingerprint density at radius 3 is 1.93 bits per heavy atom. The second-order valence-corrected chi connectivity index (χ2v) is 15.5. The Morgan fingerprint density at radius 1 is 0.655 bits per heavy atom. The van der Waals surface area contributed by atoms with Gasteiger partial charge in [0.25, 0.3) is 5.91 Å². The molecule has 0 bridgehead atoms. The molecule has 5 rings (SSSR count). The van der Waals surface area contributed by atoms with E-state index < -0.39 is 6.29 Å². The molecule has 1 heterocycles. The van der Waals surface area contributed by atoms with E-state index >= 15 is 0 Å². The lowest BCUT2D eigenvalue weighted by Gasteiger charge is -2.43. The van der Waals surface area contributed by atoms with Gasteiger partial charge in [-0.2, -0.15) is 0 Å². The Hall–Kier alpha value is -3.81. The van der Waals surface area contributed by atoms with E-state index in [9.17, 15) is 9.90 Å². The molecule has 1 fully saturated rings. The van der Waals surface area contributed by atoms with Gasteiger partial charge < -0.3 is 24.8 Å². The van der Waals surface area contributed by atoms with Crippen molar-refractivity contribution in [2.45, 2.75) is 129 Å². The maximum atomic E-state index is 12.7. The maximum absolute atomic E-state index is 12.7. The van der Waals surface area contributed by atoms with E-state index in [-0.39, 0.29) is 30.6 Å². The molecule has 6 nitrogen and oxygen atoms in total. The van der Waals surface area contributed by atoms with Gasteiger partial charge in [-0.05, 0) is 78.0 Å². The number of rotatable bonds is 23. The second kappa shape index (κ2) is 23.3. The third-order valence-corrected chi connectivity index (χ3v) is 11.1. The number of carbonyl (C=O) groups excluding carboxylic acids is 1. The van der Waals surface area contributed by atoms with Gasteiger partial charge in [-0.3, -0.25) is 4.79 Å². The highest BCUT2D eigenvalue weighted by atomic mass is 16.7. The first-order valence-electron chi connectivity index (χ1n) is 21.2. The summed E-state index contributed by atoms with van der Waals surface area (Å²) >= 11 is 0. The molecule has 1 amide bonds. The van der Waals surface area contributed by atoms with Gasteiger partial charge in [0.05, 0.1) is 18.8 Å². The first-order chi connectivity index (χ1) is 27.0. The summed E-state index contributed by atoms with van der Waals surface area (Å²) in [4.78, 5) is 15.4. The molecule has 55 heavy (non-hydrogen) atoms. The molecule has 0 aromatic heterocycles. The molecule has 0 radical (unpaired) electrons. The molecule has 4 aromatic carbocycles. The Balaban J connectivity index is 1.33. The fraction of sp³-hybridized carbons (Fsp3) is 0.490.